The van der Waals surface area contributed by atoms with Gasteiger partial charge < -0.3 is 8.98 Å². The Kier molecular flexibility index (Phi) is 4.13. The van der Waals surface area contributed by atoms with Crippen molar-refractivity contribution in [2.24, 2.45) is 0 Å². The Balaban J connectivity index is 1.44. The molecule has 0 bridgehead atoms. The summed E-state index contributed by atoms with van der Waals surface area (Å²) in [4.78, 5) is 21.2. The molecular formula is C20H20BrN4O2+. The first-order chi connectivity index (χ1) is 13.2. The Bertz CT molecular complexity index is 1170. The topological polar surface area (TPSA) is 68.3 Å². The van der Waals surface area contributed by atoms with Gasteiger partial charge in [0.15, 0.2) is 10.1 Å². The van der Waals surface area contributed by atoms with Gasteiger partial charge in [-0.25, -0.2) is 9.97 Å². The molecule has 6 nitrogen and oxygen atoms in total. The van der Waals surface area contributed by atoms with E-state index >= 15 is 0 Å². The molecule has 2 N–H and O–H groups in total. The van der Waals surface area contributed by atoms with Crippen LogP contribution in [0.2, 0.25) is 0 Å². The summed E-state index contributed by atoms with van der Waals surface area (Å²) in [6.45, 7) is 2.85. The molecular weight excluding hydrogens is 408 g/mol. The maximum absolute atomic E-state index is 12.4. The number of aromatic nitrogens is 3. The number of halogens is 1. The quantitative estimate of drug-likeness (QED) is 0.543. The fourth-order valence-corrected chi connectivity index (χ4v) is 4.48. The molecule has 5 heterocycles. The van der Waals surface area contributed by atoms with Crippen molar-refractivity contribution in [3.8, 4) is 0 Å². The van der Waals surface area contributed by atoms with Gasteiger partial charge in [-0.15, -0.1) is 0 Å². The summed E-state index contributed by atoms with van der Waals surface area (Å²) < 4.78 is 8.71. The molecule has 27 heavy (non-hydrogen) atoms. The molecule has 0 saturated carbocycles. The largest absolute Gasteiger partial charge is 0.453 e. The van der Waals surface area contributed by atoms with Crippen LogP contribution in [-0.4, -0.2) is 27.5 Å². The number of likely N-dealkylation sites (tertiary alicyclic amines) is 1. The first-order valence-corrected chi connectivity index (χ1v) is 9.97. The maximum Gasteiger partial charge on any atom is 0.286 e. The van der Waals surface area contributed by atoms with Crippen LogP contribution in [-0.2, 0) is 6.54 Å². The SMILES string of the molecule is O=c1ccn(C2CCN(Cc3ccc(Br)o3)CC2)c2c1c[nH+]c1[nH]ccc12. The van der Waals surface area contributed by atoms with E-state index in [1.807, 2.05) is 36.8 Å². The van der Waals surface area contributed by atoms with Gasteiger partial charge in [-0.05, 0) is 47.0 Å². The van der Waals surface area contributed by atoms with E-state index in [1.165, 1.54) is 0 Å². The number of H-pyrrole nitrogens is 2. The molecule has 1 saturated heterocycles. The Morgan fingerprint density at radius 3 is 2.81 bits per heavy atom. The highest BCUT2D eigenvalue weighted by Crippen LogP contribution is 2.29. The van der Waals surface area contributed by atoms with Crippen LogP contribution in [0.25, 0.3) is 21.9 Å². The molecule has 0 aliphatic carbocycles. The fourth-order valence-electron chi connectivity index (χ4n) is 4.14. The van der Waals surface area contributed by atoms with Crippen LogP contribution in [0.15, 0.2) is 56.7 Å². The van der Waals surface area contributed by atoms with Crippen molar-refractivity contribution in [1.29, 1.82) is 0 Å². The standard InChI is InChI=1S/C20H19BrN4O2/c21-18-2-1-14(27-18)12-24-8-4-13(5-9-24)25-10-6-17(26)16-11-23-20-15(19(16)25)3-7-22-20/h1-3,6-7,10-11,13H,4-5,8-9,12H2,(H,22,23)/p+1. The van der Waals surface area contributed by atoms with Gasteiger partial charge in [-0.1, -0.05) is 0 Å². The summed E-state index contributed by atoms with van der Waals surface area (Å²) in [7, 11) is 0. The second-order valence-corrected chi connectivity index (χ2v) is 7.90. The number of aromatic amines is 2. The van der Waals surface area contributed by atoms with E-state index in [4.69, 9.17) is 4.42 Å². The molecule has 1 aliphatic heterocycles. The first kappa shape index (κ1) is 16.8. The number of nitrogens with zero attached hydrogens (tertiary/aromatic N) is 2. The number of pyridine rings is 2. The zero-order valence-corrected chi connectivity index (χ0v) is 16.3. The summed E-state index contributed by atoms with van der Waals surface area (Å²) in [5.74, 6) is 0.985. The molecule has 5 rings (SSSR count). The highest BCUT2D eigenvalue weighted by molar-refractivity contribution is 9.10. The van der Waals surface area contributed by atoms with Gasteiger partial charge in [-0.2, -0.15) is 0 Å². The van der Waals surface area contributed by atoms with Gasteiger partial charge in [-0.3, -0.25) is 9.69 Å². The van der Waals surface area contributed by atoms with Crippen LogP contribution < -0.4 is 10.4 Å². The third kappa shape index (κ3) is 3.00. The number of hydrogen-bond acceptors (Lipinski definition) is 3. The first-order valence-electron chi connectivity index (χ1n) is 9.18. The minimum atomic E-state index is 0.0569. The molecule has 4 aromatic rings. The van der Waals surface area contributed by atoms with Crippen LogP contribution in [0.3, 0.4) is 0 Å². The Morgan fingerprint density at radius 1 is 1.19 bits per heavy atom. The average Bonchev–Trinajstić information content (AvgIpc) is 3.31. The lowest BCUT2D eigenvalue weighted by Crippen LogP contribution is -2.34. The van der Waals surface area contributed by atoms with E-state index in [0.717, 1.165) is 64.8 Å². The number of furan rings is 1. The summed E-state index contributed by atoms with van der Waals surface area (Å²) in [6.07, 6.45) is 7.78. The van der Waals surface area contributed by atoms with Gasteiger partial charge in [0.25, 0.3) is 5.65 Å². The van der Waals surface area contributed by atoms with Crippen LogP contribution in [0, 0.1) is 0 Å². The van der Waals surface area contributed by atoms with E-state index in [1.54, 1.807) is 6.07 Å². The summed E-state index contributed by atoms with van der Waals surface area (Å²) in [6, 6.07) is 8.06. The van der Waals surface area contributed by atoms with Gasteiger partial charge >= 0.3 is 0 Å². The summed E-state index contributed by atoms with van der Waals surface area (Å²) in [5.41, 5.74) is 2.02. The minimum Gasteiger partial charge on any atom is -0.453 e. The predicted octanol–water partition coefficient (Wildman–Crippen LogP) is 3.49. The van der Waals surface area contributed by atoms with Crippen molar-refractivity contribution in [1.82, 2.24) is 14.5 Å². The fraction of sp³-hybridized carbons (Fsp3) is 0.300. The number of nitrogens with one attached hydrogen (secondary N) is 2. The molecule has 0 radical (unpaired) electrons. The lowest BCUT2D eigenvalue weighted by Gasteiger charge is -2.33. The Labute approximate surface area is 163 Å². The molecule has 138 valence electrons. The number of fused-ring (bicyclic) bond motifs is 3. The van der Waals surface area contributed by atoms with Gasteiger partial charge in [0, 0.05) is 31.4 Å². The summed E-state index contributed by atoms with van der Waals surface area (Å²) in [5, 5.41) is 1.81. The van der Waals surface area contributed by atoms with Crippen LogP contribution in [0.5, 0.6) is 0 Å². The van der Waals surface area contributed by atoms with Crippen LogP contribution >= 0.6 is 15.9 Å². The second kappa shape index (κ2) is 6.65. The lowest BCUT2D eigenvalue weighted by atomic mass is 10.0. The average molecular weight is 428 g/mol. The van der Waals surface area contributed by atoms with Crippen molar-refractivity contribution in [2.45, 2.75) is 25.4 Å². The zero-order valence-electron chi connectivity index (χ0n) is 14.7. The smallest absolute Gasteiger partial charge is 0.286 e. The van der Waals surface area contributed by atoms with E-state index in [2.05, 4.69) is 35.4 Å². The highest BCUT2D eigenvalue weighted by atomic mass is 79.9. The molecule has 7 heteroatoms. The van der Waals surface area contributed by atoms with Crippen molar-refractivity contribution in [3.63, 3.8) is 0 Å². The van der Waals surface area contributed by atoms with Crippen LogP contribution in [0.4, 0.5) is 0 Å². The van der Waals surface area contributed by atoms with Crippen molar-refractivity contribution in [3.05, 3.63) is 63.5 Å². The number of rotatable bonds is 3. The van der Waals surface area contributed by atoms with E-state index in [9.17, 15) is 4.79 Å². The van der Waals surface area contributed by atoms with Crippen molar-refractivity contribution < 1.29 is 9.40 Å². The molecule has 0 aromatic carbocycles. The molecule has 4 aromatic heterocycles. The molecule has 0 spiro atoms. The molecule has 1 fully saturated rings. The van der Waals surface area contributed by atoms with Crippen molar-refractivity contribution >= 4 is 37.9 Å². The third-order valence-electron chi connectivity index (χ3n) is 5.49. The van der Waals surface area contributed by atoms with Gasteiger partial charge in [0.1, 0.15) is 12.0 Å². The normalized spacial score (nSPS) is 16.5. The second-order valence-electron chi connectivity index (χ2n) is 7.12. The molecule has 1 aliphatic rings. The van der Waals surface area contributed by atoms with Gasteiger partial charge in [0.05, 0.1) is 29.0 Å². The predicted molar refractivity (Wildman–Crippen MR) is 107 cm³/mol. The van der Waals surface area contributed by atoms with Gasteiger partial charge in [0.2, 0.25) is 0 Å². The zero-order chi connectivity index (χ0) is 18.4. The Morgan fingerprint density at radius 2 is 2.04 bits per heavy atom. The van der Waals surface area contributed by atoms with Crippen LogP contribution in [0.1, 0.15) is 24.6 Å². The van der Waals surface area contributed by atoms with E-state index in [-0.39, 0.29) is 5.43 Å². The lowest BCUT2D eigenvalue weighted by molar-refractivity contribution is -0.345. The van der Waals surface area contributed by atoms with Crippen molar-refractivity contribution in [2.75, 3.05) is 13.1 Å². The number of piperidine rings is 1. The monoisotopic (exact) mass is 427 g/mol. The molecule has 0 atom stereocenters. The minimum absolute atomic E-state index is 0.0569. The van der Waals surface area contributed by atoms with E-state index < -0.39 is 0 Å². The highest BCUT2D eigenvalue weighted by Gasteiger charge is 2.23. The molecule has 0 unspecified atom stereocenters. The van der Waals surface area contributed by atoms with E-state index in [0.29, 0.717) is 6.04 Å². The third-order valence-corrected chi connectivity index (χ3v) is 5.91. The maximum atomic E-state index is 12.4. The Hall–Kier alpha value is -2.38. The molecule has 0 amide bonds. The summed E-state index contributed by atoms with van der Waals surface area (Å²) >= 11 is 3.36. The number of hydrogen-bond donors (Lipinski definition) is 1.